The molecule has 0 amide bonds. The molecule has 23 heavy (non-hydrogen) atoms. The first-order valence-corrected chi connectivity index (χ1v) is 8.28. The molecular formula is C16H13N5OS. The van der Waals surface area contributed by atoms with E-state index in [1.807, 2.05) is 43.5 Å². The Bertz CT molecular complexity index is 1100. The zero-order valence-electron chi connectivity index (χ0n) is 12.6. The molecule has 4 aromatic rings. The average molecular weight is 323 g/mol. The first-order chi connectivity index (χ1) is 11.2. The summed E-state index contributed by atoms with van der Waals surface area (Å²) in [5.74, 6) is 0.495. The number of pyridine rings is 1. The van der Waals surface area contributed by atoms with E-state index in [0.29, 0.717) is 21.8 Å². The molecule has 0 radical (unpaired) electrons. The molecule has 0 aliphatic heterocycles. The summed E-state index contributed by atoms with van der Waals surface area (Å²) in [5, 5.41) is 5.52. The molecule has 0 saturated heterocycles. The van der Waals surface area contributed by atoms with Crippen LogP contribution in [0.2, 0.25) is 0 Å². The van der Waals surface area contributed by atoms with E-state index in [1.165, 1.54) is 11.8 Å². The van der Waals surface area contributed by atoms with Crippen molar-refractivity contribution in [3.8, 4) is 5.69 Å². The zero-order chi connectivity index (χ0) is 16.0. The molecule has 0 aliphatic carbocycles. The number of thioether (sulfide) groups is 1. The quantitative estimate of drug-likeness (QED) is 0.530. The van der Waals surface area contributed by atoms with Gasteiger partial charge in [0.05, 0.1) is 10.9 Å². The van der Waals surface area contributed by atoms with E-state index in [1.54, 1.807) is 21.5 Å². The van der Waals surface area contributed by atoms with Gasteiger partial charge in [0.1, 0.15) is 0 Å². The van der Waals surface area contributed by atoms with E-state index in [4.69, 9.17) is 0 Å². The molecule has 0 spiro atoms. The second-order valence-electron chi connectivity index (χ2n) is 5.20. The lowest BCUT2D eigenvalue weighted by Crippen LogP contribution is -2.18. The minimum atomic E-state index is -0.122. The van der Waals surface area contributed by atoms with Crippen LogP contribution in [0.5, 0.6) is 0 Å². The van der Waals surface area contributed by atoms with Gasteiger partial charge < -0.3 is 0 Å². The molecular weight excluding hydrogens is 310 g/mol. The summed E-state index contributed by atoms with van der Waals surface area (Å²) in [6, 6.07) is 9.69. The number of aryl methyl sites for hydroxylation is 1. The number of aromatic nitrogens is 5. The lowest BCUT2D eigenvalue weighted by atomic mass is 10.2. The number of rotatable bonds is 2. The van der Waals surface area contributed by atoms with Gasteiger partial charge in [0, 0.05) is 18.1 Å². The Balaban J connectivity index is 2.02. The Labute approximate surface area is 135 Å². The second kappa shape index (κ2) is 5.20. The standard InChI is InChI=1S/C16H13N5OS/c1-10-4-3-5-11(8-10)20-7-6-13-12(14(20)22)9-17-15-18-16(23-2)19-21(13)15/h3-9H,1-2H3. The maximum Gasteiger partial charge on any atom is 0.266 e. The highest BCUT2D eigenvalue weighted by molar-refractivity contribution is 7.98. The van der Waals surface area contributed by atoms with Gasteiger partial charge in [0.15, 0.2) is 0 Å². The molecule has 0 bridgehead atoms. The molecule has 0 fully saturated rings. The molecule has 3 heterocycles. The lowest BCUT2D eigenvalue weighted by molar-refractivity contribution is 0.904. The molecule has 0 saturated carbocycles. The van der Waals surface area contributed by atoms with Gasteiger partial charge in [-0.1, -0.05) is 23.9 Å². The van der Waals surface area contributed by atoms with Crippen molar-refractivity contribution in [2.45, 2.75) is 12.1 Å². The molecule has 0 aliphatic rings. The third-order valence-corrected chi connectivity index (χ3v) is 4.22. The topological polar surface area (TPSA) is 65.1 Å². The number of nitrogens with zero attached hydrogens (tertiary/aromatic N) is 5. The van der Waals surface area contributed by atoms with Crippen molar-refractivity contribution in [3.05, 3.63) is 58.6 Å². The van der Waals surface area contributed by atoms with Crippen LogP contribution in [0, 0.1) is 6.92 Å². The highest BCUT2D eigenvalue weighted by atomic mass is 32.2. The molecule has 0 N–H and O–H groups in total. The Kier molecular flexibility index (Phi) is 3.16. The van der Waals surface area contributed by atoms with Crippen molar-refractivity contribution in [1.29, 1.82) is 0 Å². The van der Waals surface area contributed by atoms with Crippen molar-refractivity contribution in [2.75, 3.05) is 6.26 Å². The van der Waals surface area contributed by atoms with Crippen molar-refractivity contribution < 1.29 is 0 Å². The largest absolute Gasteiger partial charge is 0.284 e. The van der Waals surface area contributed by atoms with Crippen LogP contribution < -0.4 is 5.56 Å². The Morgan fingerprint density at radius 1 is 1.22 bits per heavy atom. The summed E-state index contributed by atoms with van der Waals surface area (Å²) in [5.41, 5.74) is 2.52. The van der Waals surface area contributed by atoms with E-state index in [9.17, 15) is 4.79 Å². The smallest absolute Gasteiger partial charge is 0.266 e. The van der Waals surface area contributed by atoms with Crippen molar-refractivity contribution >= 4 is 28.4 Å². The zero-order valence-corrected chi connectivity index (χ0v) is 13.4. The maximum absolute atomic E-state index is 12.8. The number of benzene rings is 1. The maximum atomic E-state index is 12.8. The van der Waals surface area contributed by atoms with Crippen LogP contribution in [0.15, 0.2) is 52.7 Å². The fourth-order valence-electron chi connectivity index (χ4n) is 2.57. The van der Waals surface area contributed by atoms with Crippen molar-refractivity contribution in [1.82, 2.24) is 24.1 Å². The first-order valence-electron chi connectivity index (χ1n) is 7.05. The van der Waals surface area contributed by atoms with Crippen LogP contribution in [-0.4, -0.2) is 30.4 Å². The molecule has 0 unspecified atom stereocenters. The van der Waals surface area contributed by atoms with E-state index >= 15 is 0 Å². The van der Waals surface area contributed by atoms with Crippen LogP contribution in [0.4, 0.5) is 0 Å². The van der Waals surface area contributed by atoms with Gasteiger partial charge in [-0.3, -0.25) is 9.36 Å². The van der Waals surface area contributed by atoms with Crippen molar-refractivity contribution in [2.24, 2.45) is 0 Å². The monoisotopic (exact) mass is 323 g/mol. The molecule has 114 valence electrons. The molecule has 6 nitrogen and oxygen atoms in total. The normalized spacial score (nSPS) is 11.4. The van der Waals surface area contributed by atoms with Crippen LogP contribution >= 0.6 is 11.8 Å². The van der Waals surface area contributed by atoms with E-state index < -0.39 is 0 Å². The SMILES string of the molecule is CSc1nc2ncc3c(=O)n(-c4cccc(C)c4)ccc3n2n1. The van der Waals surface area contributed by atoms with E-state index in [2.05, 4.69) is 15.1 Å². The fraction of sp³-hybridized carbons (Fsp3) is 0.125. The molecule has 4 rings (SSSR count). The van der Waals surface area contributed by atoms with Crippen molar-refractivity contribution in [3.63, 3.8) is 0 Å². The van der Waals surface area contributed by atoms with Gasteiger partial charge >= 0.3 is 0 Å². The van der Waals surface area contributed by atoms with Gasteiger partial charge in [-0.2, -0.15) is 9.50 Å². The number of hydrogen-bond acceptors (Lipinski definition) is 5. The van der Waals surface area contributed by atoms with Crippen LogP contribution in [0.1, 0.15) is 5.56 Å². The number of hydrogen-bond donors (Lipinski definition) is 0. The molecule has 1 aromatic carbocycles. The van der Waals surface area contributed by atoms with Gasteiger partial charge in [-0.15, -0.1) is 5.10 Å². The number of fused-ring (bicyclic) bond motifs is 3. The summed E-state index contributed by atoms with van der Waals surface area (Å²) in [6.07, 6.45) is 5.24. The van der Waals surface area contributed by atoms with Crippen LogP contribution in [0.3, 0.4) is 0 Å². The average Bonchev–Trinajstić information content (AvgIpc) is 2.99. The summed E-state index contributed by atoms with van der Waals surface area (Å²) in [7, 11) is 0. The summed E-state index contributed by atoms with van der Waals surface area (Å²) >= 11 is 1.44. The van der Waals surface area contributed by atoms with E-state index in [0.717, 1.165) is 11.3 Å². The fourth-order valence-corrected chi connectivity index (χ4v) is 2.90. The lowest BCUT2D eigenvalue weighted by Gasteiger charge is -2.08. The third kappa shape index (κ3) is 2.20. The summed E-state index contributed by atoms with van der Waals surface area (Å²) in [4.78, 5) is 21.4. The summed E-state index contributed by atoms with van der Waals surface area (Å²) in [6.45, 7) is 2.00. The molecule has 0 atom stereocenters. The molecule has 3 aromatic heterocycles. The second-order valence-corrected chi connectivity index (χ2v) is 5.97. The van der Waals surface area contributed by atoms with Gasteiger partial charge in [-0.05, 0) is 36.9 Å². The minimum Gasteiger partial charge on any atom is -0.284 e. The summed E-state index contributed by atoms with van der Waals surface area (Å²) < 4.78 is 3.23. The Morgan fingerprint density at radius 3 is 2.87 bits per heavy atom. The van der Waals surface area contributed by atoms with Gasteiger partial charge in [0.25, 0.3) is 11.3 Å². The Morgan fingerprint density at radius 2 is 2.09 bits per heavy atom. The first kappa shape index (κ1) is 14.0. The Hall–Kier alpha value is -2.67. The van der Waals surface area contributed by atoms with Gasteiger partial charge in [-0.25, -0.2) is 4.98 Å². The predicted molar refractivity (Wildman–Crippen MR) is 90.4 cm³/mol. The minimum absolute atomic E-state index is 0.122. The highest BCUT2D eigenvalue weighted by Gasteiger charge is 2.11. The highest BCUT2D eigenvalue weighted by Crippen LogP contribution is 2.16. The van der Waals surface area contributed by atoms with Crippen LogP contribution in [-0.2, 0) is 0 Å². The van der Waals surface area contributed by atoms with E-state index in [-0.39, 0.29) is 5.56 Å². The van der Waals surface area contributed by atoms with Crippen LogP contribution in [0.25, 0.3) is 22.4 Å². The molecule has 7 heteroatoms. The van der Waals surface area contributed by atoms with Gasteiger partial charge in [0.2, 0.25) is 5.16 Å². The third-order valence-electron chi connectivity index (χ3n) is 3.68. The predicted octanol–water partition coefficient (Wildman–Crippen LogP) is 2.46.